The Hall–Kier alpha value is -1.58. The van der Waals surface area contributed by atoms with Crippen molar-refractivity contribution in [3.8, 4) is 0 Å². The number of carbonyl (C=O) groups is 1. The number of rotatable bonds is 1. The highest BCUT2D eigenvalue weighted by atomic mass is 16.6. The Morgan fingerprint density at radius 3 is 2.69 bits per heavy atom. The molecule has 2 rings (SSSR count). The summed E-state index contributed by atoms with van der Waals surface area (Å²) in [5.74, 6) is 0. The molecule has 86 valence electrons. The van der Waals surface area contributed by atoms with Crippen LogP contribution in [0.1, 0.15) is 26.3 Å². The molecule has 0 spiro atoms. The van der Waals surface area contributed by atoms with Crippen LogP contribution in [0.2, 0.25) is 0 Å². The molecule has 1 aromatic rings. The normalized spacial score (nSPS) is 16.4. The lowest BCUT2D eigenvalue weighted by Gasteiger charge is -2.21. The zero-order valence-electron chi connectivity index (χ0n) is 9.86. The Bertz CT molecular complexity index is 410. The largest absolute Gasteiger partial charge is 0.447 e. The molecule has 0 saturated carbocycles. The molecule has 2 heterocycles. The van der Waals surface area contributed by atoms with Gasteiger partial charge in [-0.3, -0.25) is 9.88 Å². The average Bonchev–Trinajstić information content (AvgIpc) is 2.63. The van der Waals surface area contributed by atoms with Crippen LogP contribution in [0.25, 0.3) is 0 Å². The summed E-state index contributed by atoms with van der Waals surface area (Å²) in [6.45, 7) is 7.43. The number of cyclic esters (lactones) is 1. The SMILES string of the molecule is CC(C)(C)c1cncc(N2CCOC2=O)c1. The third kappa shape index (κ3) is 2.01. The standard InChI is InChI=1S/C12H16N2O2/c1-12(2,3)9-6-10(8-13-7-9)14-4-5-16-11(14)15/h6-8H,4-5H2,1-3H3. The summed E-state index contributed by atoms with van der Waals surface area (Å²) in [5.41, 5.74) is 1.96. The zero-order valence-corrected chi connectivity index (χ0v) is 9.86. The molecule has 0 radical (unpaired) electrons. The first-order valence-corrected chi connectivity index (χ1v) is 5.38. The van der Waals surface area contributed by atoms with Crippen molar-refractivity contribution in [2.75, 3.05) is 18.1 Å². The number of anilines is 1. The maximum atomic E-state index is 11.4. The number of hydrogen-bond donors (Lipinski definition) is 0. The maximum absolute atomic E-state index is 11.4. The van der Waals surface area contributed by atoms with E-state index in [4.69, 9.17) is 4.74 Å². The van der Waals surface area contributed by atoms with Crippen molar-refractivity contribution in [2.24, 2.45) is 0 Å². The molecule has 1 aromatic heterocycles. The molecule has 0 N–H and O–H groups in total. The highest BCUT2D eigenvalue weighted by Gasteiger charge is 2.25. The lowest BCUT2D eigenvalue weighted by Crippen LogP contribution is -2.24. The van der Waals surface area contributed by atoms with Gasteiger partial charge in [-0.2, -0.15) is 0 Å². The minimum atomic E-state index is -0.284. The first kappa shape index (κ1) is 10.9. The molecular weight excluding hydrogens is 204 g/mol. The van der Waals surface area contributed by atoms with Crippen LogP contribution in [-0.4, -0.2) is 24.2 Å². The summed E-state index contributed by atoms with van der Waals surface area (Å²) in [5, 5.41) is 0. The predicted molar refractivity (Wildman–Crippen MR) is 61.6 cm³/mol. The van der Waals surface area contributed by atoms with E-state index >= 15 is 0 Å². The van der Waals surface area contributed by atoms with Gasteiger partial charge in [0.05, 0.1) is 18.4 Å². The third-order valence-electron chi connectivity index (χ3n) is 2.66. The second-order valence-corrected chi connectivity index (χ2v) is 4.95. The van der Waals surface area contributed by atoms with Crippen molar-refractivity contribution in [3.63, 3.8) is 0 Å². The molecule has 0 atom stereocenters. The van der Waals surface area contributed by atoms with Gasteiger partial charge in [0.15, 0.2) is 0 Å². The summed E-state index contributed by atoms with van der Waals surface area (Å²) in [7, 11) is 0. The molecule has 0 unspecified atom stereocenters. The number of aromatic nitrogens is 1. The van der Waals surface area contributed by atoms with Gasteiger partial charge in [-0.1, -0.05) is 20.8 Å². The monoisotopic (exact) mass is 220 g/mol. The molecular formula is C12H16N2O2. The van der Waals surface area contributed by atoms with Gasteiger partial charge >= 0.3 is 6.09 Å². The molecule has 1 aliphatic rings. The van der Waals surface area contributed by atoms with Crippen molar-refractivity contribution >= 4 is 11.8 Å². The maximum Gasteiger partial charge on any atom is 0.414 e. The minimum Gasteiger partial charge on any atom is -0.447 e. The van der Waals surface area contributed by atoms with Gasteiger partial charge in [0.2, 0.25) is 0 Å². The highest BCUT2D eigenvalue weighted by molar-refractivity contribution is 5.89. The fraction of sp³-hybridized carbons (Fsp3) is 0.500. The minimum absolute atomic E-state index is 0.0344. The van der Waals surface area contributed by atoms with Crippen LogP contribution < -0.4 is 4.90 Å². The second-order valence-electron chi connectivity index (χ2n) is 4.95. The van der Waals surface area contributed by atoms with E-state index in [1.54, 1.807) is 11.1 Å². The lowest BCUT2D eigenvalue weighted by molar-refractivity contribution is 0.181. The van der Waals surface area contributed by atoms with Gasteiger partial charge in [-0.05, 0) is 17.0 Å². The second kappa shape index (κ2) is 3.77. The van der Waals surface area contributed by atoms with E-state index in [-0.39, 0.29) is 11.5 Å². The van der Waals surface area contributed by atoms with Gasteiger partial charge in [-0.15, -0.1) is 0 Å². The lowest BCUT2D eigenvalue weighted by atomic mass is 9.88. The highest BCUT2D eigenvalue weighted by Crippen LogP contribution is 2.26. The van der Waals surface area contributed by atoms with Gasteiger partial charge < -0.3 is 4.74 Å². The first-order chi connectivity index (χ1) is 7.48. The van der Waals surface area contributed by atoms with E-state index in [9.17, 15) is 4.79 Å². The molecule has 1 saturated heterocycles. The average molecular weight is 220 g/mol. The van der Waals surface area contributed by atoms with Crippen LogP contribution in [0, 0.1) is 0 Å². The molecule has 1 amide bonds. The molecule has 16 heavy (non-hydrogen) atoms. The molecule has 0 aromatic carbocycles. The number of pyridine rings is 1. The fourth-order valence-corrected chi connectivity index (χ4v) is 1.61. The van der Waals surface area contributed by atoms with Crippen LogP contribution in [0.3, 0.4) is 0 Å². The van der Waals surface area contributed by atoms with E-state index in [1.807, 2.05) is 12.3 Å². The summed E-state index contributed by atoms with van der Waals surface area (Å²) < 4.78 is 4.90. The van der Waals surface area contributed by atoms with E-state index in [0.29, 0.717) is 13.2 Å². The van der Waals surface area contributed by atoms with E-state index in [2.05, 4.69) is 25.8 Å². The van der Waals surface area contributed by atoms with Crippen molar-refractivity contribution < 1.29 is 9.53 Å². The predicted octanol–water partition coefficient (Wildman–Crippen LogP) is 2.34. The quantitative estimate of drug-likeness (QED) is 0.729. The van der Waals surface area contributed by atoms with Crippen LogP contribution in [-0.2, 0) is 10.2 Å². The molecule has 4 nitrogen and oxygen atoms in total. The zero-order chi connectivity index (χ0) is 11.8. The van der Waals surface area contributed by atoms with Gasteiger partial charge in [-0.25, -0.2) is 4.79 Å². The molecule has 1 fully saturated rings. The van der Waals surface area contributed by atoms with Crippen molar-refractivity contribution in [1.29, 1.82) is 0 Å². The summed E-state index contributed by atoms with van der Waals surface area (Å²) in [6, 6.07) is 2.00. The van der Waals surface area contributed by atoms with E-state index < -0.39 is 0 Å². The van der Waals surface area contributed by atoms with E-state index in [1.165, 1.54) is 0 Å². The Morgan fingerprint density at radius 2 is 2.12 bits per heavy atom. The van der Waals surface area contributed by atoms with Gasteiger partial charge in [0.1, 0.15) is 6.61 Å². The van der Waals surface area contributed by atoms with Crippen LogP contribution in [0.4, 0.5) is 10.5 Å². The Balaban J connectivity index is 2.32. The summed E-state index contributed by atoms with van der Waals surface area (Å²) >= 11 is 0. The topological polar surface area (TPSA) is 42.4 Å². The van der Waals surface area contributed by atoms with Crippen LogP contribution in [0.5, 0.6) is 0 Å². The smallest absolute Gasteiger partial charge is 0.414 e. The number of hydrogen-bond acceptors (Lipinski definition) is 3. The molecule has 1 aliphatic heterocycles. The number of nitrogens with zero attached hydrogens (tertiary/aromatic N) is 2. The van der Waals surface area contributed by atoms with Crippen molar-refractivity contribution in [2.45, 2.75) is 26.2 Å². The van der Waals surface area contributed by atoms with E-state index in [0.717, 1.165) is 11.3 Å². The first-order valence-electron chi connectivity index (χ1n) is 5.38. The Labute approximate surface area is 95.2 Å². The van der Waals surface area contributed by atoms with Crippen LogP contribution in [0.15, 0.2) is 18.5 Å². The summed E-state index contributed by atoms with van der Waals surface area (Å²) in [6.07, 6.45) is 3.25. The Morgan fingerprint density at radius 1 is 1.38 bits per heavy atom. The fourth-order valence-electron chi connectivity index (χ4n) is 1.61. The van der Waals surface area contributed by atoms with Gasteiger partial charge in [0.25, 0.3) is 0 Å². The number of carbonyl (C=O) groups excluding carboxylic acids is 1. The summed E-state index contributed by atoms with van der Waals surface area (Å²) in [4.78, 5) is 17.2. The molecule has 4 heteroatoms. The Kier molecular flexibility index (Phi) is 2.58. The molecule has 0 aliphatic carbocycles. The molecule has 0 bridgehead atoms. The number of amides is 1. The van der Waals surface area contributed by atoms with Gasteiger partial charge in [0, 0.05) is 6.20 Å². The van der Waals surface area contributed by atoms with Crippen molar-refractivity contribution in [1.82, 2.24) is 4.98 Å². The van der Waals surface area contributed by atoms with Crippen LogP contribution >= 0.6 is 0 Å². The third-order valence-corrected chi connectivity index (χ3v) is 2.66. The van der Waals surface area contributed by atoms with Crippen molar-refractivity contribution in [3.05, 3.63) is 24.0 Å². The number of ether oxygens (including phenoxy) is 1.